The highest BCUT2D eigenvalue weighted by atomic mass is 32.1. The van der Waals surface area contributed by atoms with E-state index < -0.39 is 17.0 Å². The van der Waals surface area contributed by atoms with Gasteiger partial charge >= 0.3 is 11.4 Å². The Morgan fingerprint density at radius 2 is 1.68 bits per heavy atom. The molecule has 3 heterocycles. The van der Waals surface area contributed by atoms with E-state index in [1.54, 1.807) is 28.8 Å². The maximum atomic E-state index is 13.9. The minimum atomic E-state index is -0.636. The molecule has 0 amide bonds. The minimum Gasteiger partial charge on any atom is -0.492 e. The third-order valence-corrected chi connectivity index (χ3v) is 9.11. The molecule has 6 aromatic rings. The number of carbonyl (C=O) groups excluding carboxylic acids is 1. The Hall–Kier alpha value is -5.33. The summed E-state index contributed by atoms with van der Waals surface area (Å²) in [6.07, 6.45) is 0.708. The van der Waals surface area contributed by atoms with Gasteiger partial charge in [0.2, 0.25) is 0 Å². The van der Waals surface area contributed by atoms with Gasteiger partial charge in [0.1, 0.15) is 17.2 Å². The molecule has 47 heavy (non-hydrogen) atoms. The average Bonchev–Trinajstić information content (AvgIpc) is 3.72. The summed E-state index contributed by atoms with van der Waals surface area (Å²) in [5.74, 6) is -0.0211. The average molecular weight is 652 g/mol. The van der Waals surface area contributed by atoms with Crippen LogP contribution in [0.5, 0.6) is 5.75 Å². The number of nitrogens with zero attached hydrogens (tertiary/aromatic N) is 4. The monoisotopic (exact) mass is 651 g/mol. The van der Waals surface area contributed by atoms with E-state index in [0.717, 1.165) is 32.7 Å². The fraction of sp³-hybridized carbons (Fsp3) is 0.229. The van der Waals surface area contributed by atoms with Crippen LogP contribution >= 0.6 is 11.3 Å². The van der Waals surface area contributed by atoms with Crippen LogP contribution in [0.25, 0.3) is 32.7 Å². The van der Waals surface area contributed by atoms with Gasteiger partial charge in [-0.05, 0) is 67.5 Å². The van der Waals surface area contributed by atoms with E-state index in [-0.39, 0.29) is 18.9 Å². The fourth-order valence-electron chi connectivity index (χ4n) is 5.28. The number of fused-ring (bicyclic) bond motifs is 1. The third kappa shape index (κ3) is 6.79. The van der Waals surface area contributed by atoms with E-state index in [2.05, 4.69) is 10.1 Å². The normalized spacial score (nSPS) is 11.4. The van der Waals surface area contributed by atoms with Crippen molar-refractivity contribution in [2.75, 3.05) is 27.2 Å². The smallest absolute Gasteiger partial charge is 0.439 e. The molecule has 0 fully saturated rings. The highest BCUT2D eigenvalue weighted by Crippen LogP contribution is 2.30. The van der Waals surface area contributed by atoms with Crippen LogP contribution in [0.4, 0.5) is 0 Å². The number of hydrogen-bond donors (Lipinski definition) is 1. The zero-order chi connectivity index (χ0) is 33.1. The van der Waals surface area contributed by atoms with E-state index in [1.807, 2.05) is 80.5 Å². The second-order valence-corrected chi connectivity index (χ2v) is 12.4. The third-order valence-electron chi connectivity index (χ3n) is 7.81. The van der Waals surface area contributed by atoms with Crippen molar-refractivity contribution in [1.82, 2.24) is 24.2 Å². The Bertz CT molecular complexity index is 2220. The van der Waals surface area contributed by atoms with Crippen molar-refractivity contribution >= 4 is 27.3 Å². The van der Waals surface area contributed by atoms with Crippen molar-refractivity contribution in [3.05, 3.63) is 126 Å². The lowest BCUT2D eigenvalue weighted by molar-refractivity contribution is 0.0969. The molecule has 0 aliphatic heterocycles. The topological polar surface area (TPSA) is 132 Å². The number of likely N-dealkylation sites (N-methyl/N-ethyl adjacent to an activating group) is 1. The Labute approximate surface area is 273 Å². The molecule has 1 N–H and O–H groups in total. The number of hydrogen-bond acceptors (Lipinski definition) is 9. The molecule has 0 aliphatic rings. The Balaban J connectivity index is 1.29. The number of nitrogens with one attached hydrogen (secondary N) is 1. The first-order valence-electron chi connectivity index (χ1n) is 15.1. The maximum Gasteiger partial charge on any atom is 0.439 e. The summed E-state index contributed by atoms with van der Waals surface area (Å²) in [5, 5.41) is 4.24. The van der Waals surface area contributed by atoms with Crippen LogP contribution in [0.3, 0.4) is 0 Å². The van der Waals surface area contributed by atoms with Gasteiger partial charge in [-0.15, -0.1) is 11.3 Å². The number of ether oxygens (including phenoxy) is 1. The van der Waals surface area contributed by atoms with Gasteiger partial charge < -0.3 is 9.64 Å². The second-order valence-electron chi connectivity index (χ2n) is 11.3. The molecule has 6 rings (SSSR count). The first kappa shape index (κ1) is 31.6. The SMILES string of the molecule is CCc1cc2c(=O)n(CC(=O)c3ccc(OCCN(C)C)cc3)c(=O)n(Cc3ccc(-c4ccccc4-c4noc(=O)[nH]4)cc3)c2s1. The zero-order valence-electron chi connectivity index (χ0n) is 26.2. The molecular weight excluding hydrogens is 618 g/mol. The van der Waals surface area contributed by atoms with E-state index >= 15 is 0 Å². The molecule has 0 unspecified atom stereocenters. The van der Waals surface area contributed by atoms with E-state index in [0.29, 0.717) is 45.9 Å². The molecule has 0 aliphatic carbocycles. The van der Waals surface area contributed by atoms with Crippen molar-refractivity contribution in [3.8, 4) is 28.3 Å². The Morgan fingerprint density at radius 3 is 2.34 bits per heavy atom. The summed E-state index contributed by atoms with van der Waals surface area (Å²) in [7, 11) is 3.92. The number of aromatic nitrogens is 4. The second kappa shape index (κ2) is 13.6. The lowest BCUT2D eigenvalue weighted by Crippen LogP contribution is -2.41. The summed E-state index contributed by atoms with van der Waals surface area (Å²) in [5.41, 5.74) is 2.61. The molecule has 0 radical (unpaired) electrons. The number of benzene rings is 3. The van der Waals surface area contributed by atoms with Crippen LogP contribution in [-0.4, -0.2) is 57.2 Å². The summed E-state index contributed by atoms with van der Waals surface area (Å²) in [4.78, 5) is 58.5. The summed E-state index contributed by atoms with van der Waals surface area (Å²) in [6.45, 7) is 3.08. The zero-order valence-corrected chi connectivity index (χ0v) is 27.0. The molecule has 0 bridgehead atoms. The van der Waals surface area contributed by atoms with Crippen LogP contribution < -0.4 is 21.7 Å². The molecule has 0 spiro atoms. The first-order valence-corrected chi connectivity index (χ1v) is 15.9. The van der Waals surface area contributed by atoms with E-state index in [4.69, 9.17) is 9.26 Å². The summed E-state index contributed by atoms with van der Waals surface area (Å²) in [6, 6.07) is 23.7. The highest BCUT2D eigenvalue weighted by molar-refractivity contribution is 7.18. The predicted octanol–water partition coefficient (Wildman–Crippen LogP) is 4.67. The summed E-state index contributed by atoms with van der Waals surface area (Å²) < 4.78 is 13.0. The number of rotatable bonds is 12. The van der Waals surface area contributed by atoms with Gasteiger partial charge in [-0.25, -0.2) is 9.59 Å². The number of carbonyl (C=O) groups is 1. The molecule has 3 aromatic carbocycles. The molecule has 240 valence electrons. The van der Waals surface area contributed by atoms with Gasteiger partial charge in [-0.2, -0.15) is 0 Å². The van der Waals surface area contributed by atoms with Crippen LogP contribution in [0.15, 0.2) is 97.8 Å². The largest absolute Gasteiger partial charge is 0.492 e. The van der Waals surface area contributed by atoms with E-state index in [9.17, 15) is 19.2 Å². The highest BCUT2D eigenvalue weighted by Gasteiger charge is 2.19. The molecule has 0 atom stereocenters. The number of ketones is 1. The van der Waals surface area contributed by atoms with Gasteiger partial charge in [0.15, 0.2) is 11.6 Å². The quantitative estimate of drug-likeness (QED) is 0.189. The number of thiophene rings is 1. The standard InChI is InChI=1S/C35H33N5O6S/c1-4-26-19-29-32(42)39(21-30(41)24-13-15-25(16-14-24)45-18-17-38(2)3)35(44)40(33(29)47-26)20-22-9-11-23(12-10-22)27-7-5-6-8-28(27)31-36-34(43)46-37-31/h5-16,19H,4,17-18,20-21H2,1-3H3,(H,36,37,43). The molecule has 12 heteroatoms. The van der Waals surface area contributed by atoms with Crippen molar-refractivity contribution < 1.29 is 14.1 Å². The molecule has 0 saturated carbocycles. The van der Waals surface area contributed by atoms with E-state index in [1.165, 1.54) is 11.3 Å². The van der Waals surface area contributed by atoms with Crippen molar-refractivity contribution in [2.45, 2.75) is 26.4 Å². The van der Waals surface area contributed by atoms with Crippen LogP contribution in [0.2, 0.25) is 0 Å². The summed E-state index contributed by atoms with van der Waals surface area (Å²) >= 11 is 1.41. The van der Waals surface area contributed by atoms with Gasteiger partial charge in [0.05, 0.1) is 18.5 Å². The molecule has 3 aromatic heterocycles. The number of H-pyrrole nitrogens is 1. The van der Waals surface area contributed by atoms with Crippen molar-refractivity contribution in [3.63, 3.8) is 0 Å². The fourth-order valence-corrected chi connectivity index (χ4v) is 6.36. The van der Waals surface area contributed by atoms with Gasteiger partial charge in [0, 0.05) is 22.5 Å². The molecule has 11 nitrogen and oxygen atoms in total. The minimum absolute atomic E-state index is 0.199. The van der Waals surface area contributed by atoms with Crippen molar-refractivity contribution in [1.29, 1.82) is 0 Å². The van der Waals surface area contributed by atoms with Gasteiger partial charge in [0.25, 0.3) is 5.56 Å². The van der Waals surface area contributed by atoms with Gasteiger partial charge in [-0.3, -0.25) is 28.2 Å². The van der Waals surface area contributed by atoms with Crippen LogP contribution in [-0.2, 0) is 19.5 Å². The predicted molar refractivity (Wildman–Crippen MR) is 182 cm³/mol. The van der Waals surface area contributed by atoms with Crippen LogP contribution in [0.1, 0.15) is 27.7 Å². The maximum absolute atomic E-state index is 13.9. The Kier molecular flexibility index (Phi) is 9.14. The number of aryl methyl sites for hydroxylation is 1. The number of aromatic amines is 1. The van der Waals surface area contributed by atoms with Gasteiger partial charge in [-0.1, -0.05) is 60.6 Å². The lowest BCUT2D eigenvalue weighted by Gasteiger charge is -2.13. The van der Waals surface area contributed by atoms with Crippen LogP contribution in [0, 0.1) is 0 Å². The first-order chi connectivity index (χ1) is 22.7. The van der Waals surface area contributed by atoms with Crippen molar-refractivity contribution in [2.24, 2.45) is 0 Å². The molecule has 0 saturated heterocycles. The molecular formula is C35H33N5O6S. The lowest BCUT2D eigenvalue weighted by atomic mass is 9.98. The number of Topliss-reactive ketones (excluding diaryl/α,β-unsaturated/α-hetero) is 1. The Morgan fingerprint density at radius 1 is 0.957 bits per heavy atom.